The van der Waals surface area contributed by atoms with Crippen molar-refractivity contribution in [2.45, 2.75) is 232 Å². The number of carbonyl (C=O) groups excluding carboxylic acids is 3. The van der Waals surface area contributed by atoms with E-state index >= 15 is 0 Å². The van der Waals surface area contributed by atoms with Crippen LogP contribution in [-0.2, 0) is 33.3 Å². The molecule has 2 atom stereocenters. The fourth-order valence-corrected chi connectivity index (χ4v) is 7.40. The van der Waals surface area contributed by atoms with Crippen molar-refractivity contribution in [2.24, 2.45) is 0 Å². The molecule has 9 heteroatoms. The molecule has 0 aromatic rings. The normalized spacial score (nSPS) is 13.5. The third-order valence-corrected chi connectivity index (χ3v) is 11.7. The second kappa shape index (κ2) is 50.8. The van der Waals surface area contributed by atoms with Crippen molar-refractivity contribution in [3.63, 3.8) is 0 Å². The lowest BCUT2D eigenvalue weighted by atomic mass is 10.0. The van der Waals surface area contributed by atoms with E-state index in [1.54, 1.807) is 0 Å². The number of likely N-dealkylation sites (N-methyl/N-ethyl adjacent to an activating group) is 1. The van der Waals surface area contributed by atoms with Gasteiger partial charge in [0.15, 0.2) is 12.4 Å². The molecule has 2 unspecified atom stereocenters. The van der Waals surface area contributed by atoms with Gasteiger partial charge in [0.05, 0.1) is 40.3 Å². The summed E-state index contributed by atoms with van der Waals surface area (Å²) in [4.78, 5) is 37.2. The fourth-order valence-electron chi connectivity index (χ4n) is 7.40. The number of nitrogens with zero attached hydrogens (tertiary/aromatic N) is 1. The van der Waals surface area contributed by atoms with Gasteiger partial charge in [0, 0.05) is 12.8 Å². The van der Waals surface area contributed by atoms with Crippen LogP contribution < -0.4 is 5.11 Å². The van der Waals surface area contributed by atoms with E-state index in [0.29, 0.717) is 17.4 Å². The first kappa shape index (κ1) is 65.5. The number of esters is 2. The number of hydrogen-bond donors (Lipinski definition) is 0. The number of rotatable bonds is 50. The smallest absolute Gasteiger partial charge is 0.306 e. The number of hydrogen-bond acceptors (Lipinski definition) is 8. The van der Waals surface area contributed by atoms with Crippen molar-refractivity contribution in [3.8, 4) is 0 Å². The summed E-state index contributed by atoms with van der Waals surface area (Å²) in [5.41, 5.74) is 0. The minimum absolute atomic E-state index is 0.142. The molecule has 69 heavy (non-hydrogen) atoms. The van der Waals surface area contributed by atoms with Crippen LogP contribution in [0.3, 0.4) is 0 Å². The molecule has 0 saturated carbocycles. The predicted octanol–water partition coefficient (Wildman–Crippen LogP) is 14.7. The summed E-state index contributed by atoms with van der Waals surface area (Å²) >= 11 is 0. The molecule has 0 heterocycles. The molecule has 0 saturated heterocycles. The molecule has 0 rings (SSSR count). The Morgan fingerprint density at radius 3 is 1.23 bits per heavy atom. The second-order valence-corrected chi connectivity index (χ2v) is 19.5. The molecule has 0 N–H and O–H groups in total. The first-order chi connectivity index (χ1) is 33.6. The first-order valence-electron chi connectivity index (χ1n) is 27.7. The Morgan fingerprint density at radius 1 is 0.449 bits per heavy atom. The van der Waals surface area contributed by atoms with Gasteiger partial charge in [0.2, 0.25) is 0 Å². The van der Waals surface area contributed by atoms with Crippen molar-refractivity contribution in [2.75, 3.05) is 47.5 Å². The van der Waals surface area contributed by atoms with Crippen LogP contribution in [0.4, 0.5) is 0 Å². The summed E-state index contributed by atoms with van der Waals surface area (Å²) in [5, 5.41) is 11.8. The molecule has 0 radical (unpaired) electrons. The van der Waals surface area contributed by atoms with Crippen LogP contribution in [0.5, 0.6) is 0 Å². The minimum atomic E-state index is -1.63. The van der Waals surface area contributed by atoms with E-state index in [4.69, 9.17) is 18.9 Å². The summed E-state index contributed by atoms with van der Waals surface area (Å²) in [6.45, 7) is 4.62. The average Bonchev–Trinajstić information content (AvgIpc) is 3.31. The number of carboxylic acid groups (broad SMARTS) is 1. The Balaban J connectivity index is 4.30. The fraction of sp³-hybridized carbons (Fsp3) is 0.717. The Kier molecular flexibility index (Phi) is 48.2. The summed E-state index contributed by atoms with van der Waals surface area (Å²) in [6, 6.07) is 0. The predicted molar refractivity (Wildman–Crippen MR) is 288 cm³/mol. The van der Waals surface area contributed by atoms with Crippen molar-refractivity contribution in [3.05, 3.63) is 85.1 Å². The lowest BCUT2D eigenvalue weighted by Gasteiger charge is -2.26. The summed E-state index contributed by atoms with van der Waals surface area (Å²) in [5.74, 6) is -2.30. The van der Waals surface area contributed by atoms with E-state index in [2.05, 4.69) is 98.9 Å². The molecule has 0 fully saturated rings. The van der Waals surface area contributed by atoms with E-state index < -0.39 is 24.3 Å². The van der Waals surface area contributed by atoms with Crippen LogP contribution in [-0.4, -0.2) is 82.3 Å². The van der Waals surface area contributed by atoms with Gasteiger partial charge in [0.1, 0.15) is 13.2 Å². The Morgan fingerprint density at radius 2 is 0.826 bits per heavy atom. The van der Waals surface area contributed by atoms with Crippen molar-refractivity contribution in [1.29, 1.82) is 0 Å². The minimum Gasteiger partial charge on any atom is -0.545 e. The van der Waals surface area contributed by atoms with Crippen LogP contribution >= 0.6 is 0 Å². The van der Waals surface area contributed by atoms with Crippen LogP contribution in [0, 0.1) is 0 Å². The SMILES string of the molecule is CC/C=C\C/C=C\C/C=C\C/C=C\C/C=C\C/C=C\C/C=C\CCCCCCCCCC(=O)OC(COC(=O)CCCCCCCCCCCCCCCCC)COC(OCC[N+](C)(C)C)C(=O)[O-]. The van der Waals surface area contributed by atoms with Gasteiger partial charge in [-0.05, 0) is 70.6 Å². The molecule has 0 aliphatic carbocycles. The number of carbonyl (C=O) groups is 3. The topological polar surface area (TPSA) is 111 Å². The van der Waals surface area contributed by atoms with Gasteiger partial charge in [-0.25, -0.2) is 0 Å². The molecule has 0 aromatic carbocycles. The number of aliphatic carboxylic acids is 1. The molecule has 0 aromatic heterocycles. The van der Waals surface area contributed by atoms with Gasteiger partial charge in [0.25, 0.3) is 0 Å². The molecule has 0 aliphatic heterocycles. The monoisotopic (exact) mass is 966 g/mol. The number of ether oxygens (including phenoxy) is 4. The van der Waals surface area contributed by atoms with Crippen molar-refractivity contribution in [1.82, 2.24) is 0 Å². The van der Waals surface area contributed by atoms with E-state index in [1.807, 2.05) is 21.1 Å². The van der Waals surface area contributed by atoms with Crippen LogP contribution in [0.1, 0.15) is 219 Å². The van der Waals surface area contributed by atoms with Crippen molar-refractivity contribution >= 4 is 17.9 Å². The van der Waals surface area contributed by atoms with Gasteiger partial charge in [-0.15, -0.1) is 0 Å². The standard InChI is InChI=1S/C60H103NO8/c1-6-8-10-12-14-16-18-20-22-23-24-25-26-27-28-29-30-31-32-33-34-35-37-39-41-43-45-47-49-51-58(63)69-56(55-68-60(59(64)65)66-53-52-61(3,4)5)54-67-57(62)50-48-46-44-42-40-38-36-21-19-17-15-13-11-9-7-2/h8,10,14,16,20,22,24-25,27-28,30-31,33-34,56,60H,6-7,9,11-13,15,17-19,21,23,26,29,32,35-55H2,1-5H3/b10-8-,16-14-,22-20-,25-24-,28-27-,31-30-,34-33-. The molecular weight excluding hydrogens is 863 g/mol. The number of allylic oxidation sites excluding steroid dienone is 14. The van der Waals surface area contributed by atoms with E-state index in [0.717, 1.165) is 89.9 Å². The number of unbranched alkanes of at least 4 members (excludes halogenated alkanes) is 21. The zero-order valence-corrected chi connectivity index (χ0v) is 44.9. The maximum Gasteiger partial charge on any atom is 0.306 e. The Hall–Kier alpha value is -3.53. The highest BCUT2D eigenvalue weighted by Crippen LogP contribution is 2.15. The summed E-state index contributed by atoms with van der Waals surface area (Å²) in [7, 11) is 5.91. The molecular formula is C60H103NO8. The third kappa shape index (κ3) is 52.1. The first-order valence-corrected chi connectivity index (χ1v) is 27.7. The lowest BCUT2D eigenvalue weighted by molar-refractivity contribution is -0.870. The van der Waals surface area contributed by atoms with Crippen molar-refractivity contribution < 1.29 is 42.9 Å². The number of carboxylic acids is 1. The zero-order valence-electron chi connectivity index (χ0n) is 44.9. The van der Waals surface area contributed by atoms with E-state index in [1.165, 1.54) is 96.3 Å². The summed E-state index contributed by atoms with van der Waals surface area (Å²) < 4.78 is 22.7. The quantitative estimate of drug-likeness (QED) is 0.0195. The molecule has 0 spiro atoms. The van der Waals surface area contributed by atoms with Gasteiger partial charge in [-0.2, -0.15) is 0 Å². The summed E-state index contributed by atoms with van der Waals surface area (Å²) in [6.07, 6.45) is 63.3. The van der Waals surface area contributed by atoms with E-state index in [9.17, 15) is 19.5 Å². The van der Waals surface area contributed by atoms with Crippen LogP contribution in [0.25, 0.3) is 0 Å². The molecule has 9 nitrogen and oxygen atoms in total. The largest absolute Gasteiger partial charge is 0.545 e. The van der Waals surface area contributed by atoms with Gasteiger partial charge in [-0.1, -0.05) is 221 Å². The zero-order chi connectivity index (χ0) is 50.6. The highest BCUT2D eigenvalue weighted by molar-refractivity contribution is 5.70. The number of quaternary nitrogens is 1. The molecule has 396 valence electrons. The Labute approximate surface area is 423 Å². The van der Waals surface area contributed by atoms with E-state index in [-0.39, 0.29) is 38.6 Å². The highest BCUT2D eigenvalue weighted by Gasteiger charge is 2.22. The molecule has 0 amide bonds. The van der Waals surface area contributed by atoms with Crippen LogP contribution in [0.15, 0.2) is 85.1 Å². The van der Waals surface area contributed by atoms with Gasteiger partial charge >= 0.3 is 11.9 Å². The Bertz CT molecular complexity index is 1400. The second-order valence-electron chi connectivity index (χ2n) is 19.5. The average molecular weight is 966 g/mol. The maximum atomic E-state index is 12.8. The van der Waals surface area contributed by atoms with Gasteiger partial charge < -0.3 is 33.3 Å². The third-order valence-electron chi connectivity index (χ3n) is 11.7. The van der Waals surface area contributed by atoms with Crippen LogP contribution in [0.2, 0.25) is 0 Å². The molecule has 0 aliphatic rings. The van der Waals surface area contributed by atoms with Gasteiger partial charge in [-0.3, -0.25) is 9.59 Å². The highest BCUT2D eigenvalue weighted by atomic mass is 16.7. The molecule has 0 bridgehead atoms. The lowest BCUT2D eigenvalue weighted by Crippen LogP contribution is -2.44. The maximum absolute atomic E-state index is 12.8.